The van der Waals surface area contributed by atoms with Crippen molar-refractivity contribution < 1.29 is 14.3 Å². The first-order chi connectivity index (χ1) is 17.1. The Labute approximate surface area is 211 Å². The van der Waals surface area contributed by atoms with E-state index < -0.39 is 0 Å². The molecule has 0 radical (unpaired) electrons. The Morgan fingerprint density at radius 1 is 1.31 bits per heavy atom. The number of likely N-dealkylation sites (tertiary alicyclic amines) is 1. The third-order valence-corrected chi connectivity index (χ3v) is 7.05. The van der Waals surface area contributed by atoms with Crippen LogP contribution >= 0.6 is 0 Å². The van der Waals surface area contributed by atoms with Gasteiger partial charge in [-0.05, 0) is 56.4 Å². The van der Waals surface area contributed by atoms with Crippen LogP contribution < -0.4 is 10.1 Å². The lowest BCUT2D eigenvalue weighted by molar-refractivity contribution is -0.142. The van der Waals surface area contributed by atoms with Crippen LogP contribution in [0.3, 0.4) is 0 Å². The zero-order chi connectivity index (χ0) is 26.2. The number of hydrogen-bond donors (Lipinski definition) is 1. The van der Waals surface area contributed by atoms with Crippen LogP contribution in [0.4, 0.5) is 5.69 Å². The fraction of sp³-hybridized carbons (Fsp3) is 0.429. The third-order valence-electron chi connectivity index (χ3n) is 7.05. The Kier molecular flexibility index (Phi) is 6.77. The van der Waals surface area contributed by atoms with Crippen LogP contribution in [0.1, 0.15) is 67.9 Å². The second-order valence-corrected chi connectivity index (χ2v) is 10.4. The fourth-order valence-corrected chi connectivity index (χ4v) is 5.27. The molecule has 0 unspecified atom stereocenters. The van der Waals surface area contributed by atoms with E-state index in [4.69, 9.17) is 10.00 Å². The minimum absolute atomic E-state index is 0.0392. The van der Waals surface area contributed by atoms with E-state index in [2.05, 4.69) is 36.4 Å². The summed E-state index contributed by atoms with van der Waals surface area (Å²) >= 11 is 0. The Morgan fingerprint density at radius 3 is 2.69 bits per heavy atom. The van der Waals surface area contributed by atoms with E-state index in [1.54, 1.807) is 37.6 Å². The smallest absolute Gasteiger partial charge is 0.255 e. The van der Waals surface area contributed by atoms with Crippen molar-refractivity contribution in [3.63, 3.8) is 0 Å². The molecule has 1 aliphatic rings. The molecule has 2 amide bonds. The number of rotatable bonds is 5. The van der Waals surface area contributed by atoms with Gasteiger partial charge in [0.05, 0.1) is 30.3 Å². The van der Waals surface area contributed by atoms with Gasteiger partial charge in [0.25, 0.3) is 5.91 Å². The Hall–Kier alpha value is -3.86. The molecule has 3 aromatic rings. The van der Waals surface area contributed by atoms with Crippen LogP contribution in [0.25, 0.3) is 11.0 Å². The van der Waals surface area contributed by atoms with Crippen molar-refractivity contribution in [2.24, 2.45) is 13.0 Å². The first-order valence-corrected chi connectivity index (χ1v) is 12.2. The first-order valence-electron chi connectivity index (χ1n) is 12.2. The molecule has 4 rings (SSSR count). The number of carbonyl (C=O) groups excluding carboxylic acids is 2. The molecule has 1 aliphatic heterocycles. The van der Waals surface area contributed by atoms with E-state index in [1.165, 1.54) is 0 Å². The number of piperidine rings is 1. The second kappa shape index (κ2) is 9.65. The van der Waals surface area contributed by atoms with Crippen molar-refractivity contribution in [2.45, 2.75) is 52.0 Å². The number of methoxy groups -OCH3 is 1. The summed E-state index contributed by atoms with van der Waals surface area (Å²) in [5.41, 5.74) is 2.85. The molecule has 0 spiro atoms. The number of ether oxygens (including phenoxy) is 1. The normalized spacial score (nSPS) is 17.2. The highest BCUT2D eigenvalue weighted by atomic mass is 16.5. The molecule has 0 aliphatic carbocycles. The van der Waals surface area contributed by atoms with Gasteiger partial charge in [0.15, 0.2) is 5.75 Å². The summed E-state index contributed by atoms with van der Waals surface area (Å²) in [6, 6.07) is 8.61. The molecule has 8 heteroatoms. The van der Waals surface area contributed by atoms with E-state index in [9.17, 15) is 9.59 Å². The standard InChI is InChI=1S/C28H33N5O3/c1-17(2)27(35)33-11-10-20(13-28(33,3)4)21-16-32(5)25-23(21)24(36-6)22(15-30-25)31-26(34)19-9-7-8-18(12-19)14-29/h7-9,12,15-17,20H,10-11,13H2,1-6H3,(H,31,34)/t20-/m0/s1. The van der Waals surface area contributed by atoms with Gasteiger partial charge in [-0.1, -0.05) is 19.9 Å². The van der Waals surface area contributed by atoms with Crippen molar-refractivity contribution in [2.75, 3.05) is 19.0 Å². The van der Waals surface area contributed by atoms with Crippen molar-refractivity contribution in [3.05, 3.63) is 53.3 Å². The molecule has 2 aromatic heterocycles. The summed E-state index contributed by atoms with van der Waals surface area (Å²) < 4.78 is 7.82. The van der Waals surface area contributed by atoms with Crippen LogP contribution in [0.15, 0.2) is 36.7 Å². The Morgan fingerprint density at radius 2 is 2.06 bits per heavy atom. The summed E-state index contributed by atoms with van der Waals surface area (Å²) in [5.74, 6) is 0.558. The lowest BCUT2D eigenvalue weighted by atomic mass is 9.78. The second-order valence-electron chi connectivity index (χ2n) is 10.4. The lowest BCUT2D eigenvalue weighted by Crippen LogP contribution is -2.53. The lowest BCUT2D eigenvalue weighted by Gasteiger charge is -2.46. The molecule has 1 aromatic carbocycles. The molecule has 1 fully saturated rings. The monoisotopic (exact) mass is 487 g/mol. The number of amides is 2. The molecule has 3 heterocycles. The number of carbonyl (C=O) groups is 2. The predicted octanol–water partition coefficient (Wildman–Crippen LogP) is 4.85. The molecule has 1 saturated heterocycles. The number of anilines is 1. The third kappa shape index (κ3) is 4.53. The minimum Gasteiger partial charge on any atom is -0.494 e. The topological polar surface area (TPSA) is 100 Å². The number of hydrogen-bond acceptors (Lipinski definition) is 5. The van der Waals surface area contributed by atoms with Gasteiger partial charge in [-0.25, -0.2) is 4.98 Å². The fourth-order valence-electron chi connectivity index (χ4n) is 5.27. The molecule has 188 valence electrons. The van der Waals surface area contributed by atoms with Gasteiger partial charge in [0.2, 0.25) is 5.91 Å². The van der Waals surface area contributed by atoms with Crippen molar-refractivity contribution in [3.8, 4) is 11.8 Å². The average molecular weight is 488 g/mol. The number of nitrogens with one attached hydrogen (secondary N) is 1. The zero-order valence-corrected chi connectivity index (χ0v) is 21.8. The number of pyridine rings is 1. The molecule has 36 heavy (non-hydrogen) atoms. The zero-order valence-electron chi connectivity index (χ0n) is 21.8. The van der Waals surface area contributed by atoms with E-state index in [1.807, 2.05) is 30.4 Å². The number of aromatic nitrogens is 2. The van der Waals surface area contributed by atoms with Crippen molar-refractivity contribution >= 4 is 28.5 Å². The first kappa shape index (κ1) is 25.2. The van der Waals surface area contributed by atoms with Gasteiger partial charge in [-0.15, -0.1) is 0 Å². The average Bonchev–Trinajstić information content (AvgIpc) is 3.19. The molecular formula is C28H33N5O3. The van der Waals surface area contributed by atoms with Gasteiger partial charge in [0.1, 0.15) is 11.3 Å². The number of aryl methyl sites for hydroxylation is 1. The number of benzene rings is 1. The summed E-state index contributed by atoms with van der Waals surface area (Å²) in [6.45, 7) is 8.82. The van der Waals surface area contributed by atoms with Gasteiger partial charge >= 0.3 is 0 Å². The minimum atomic E-state index is -0.342. The van der Waals surface area contributed by atoms with Gasteiger partial charge in [-0.2, -0.15) is 5.26 Å². The maximum absolute atomic E-state index is 13.0. The molecular weight excluding hydrogens is 454 g/mol. The predicted molar refractivity (Wildman–Crippen MR) is 139 cm³/mol. The van der Waals surface area contributed by atoms with Crippen LogP contribution in [-0.4, -0.2) is 45.5 Å². The van der Waals surface area contributed by atoms with E-state index in [0.717, 1.165) is 29.4 Å². The summed E-state index contributed by atoms with van der Waals surface area (Å²) in [5, 5.41) is 12.9. The number of nitrogens with zero attached hydrogens (tertiary/aromatic N) is 4. The summed E-state index contributed by atoms with van der Waals surface area (Å²) in [7, 11) is 3.54. The Bertz CT molecular complexity index is 1370. The van der Waals surface area contributed by atoms with E-state index in [0.29, 0.717) is 29.1 Å². The van der Waals surface area contributed by atoms with Gasteiger partial charge < -0.3 is 19.5 Å². The highest BCUT2D eigenvalue weighted by Crippen LogP contribution is 2.44. The molecule has 8 nitrogen and oxygen atoms in total. The highest BCUT2D eigenvalue weighted by Gasteiger charge is 2.40. The summed E-state index contributed by atoms with van der Waals surface area (Å²) in [4.78, 5) is 32.4. The van der Waals surface area contributed by atoms with Crippen molar-refractivity contribution in [1.29, 1.82) is 5.26 Å². The van der Waals surface area contributed by atoms with Crippen LogP contribution in [0.5, 0.6) is 5.75 Å². The summed E-state index contributed by atoms with van der Waals surface area (Å²) in [6.07, 6.45) is 5.33. The number of fused-ring (bicyclic) bond motifs is 1. The Balaban J connectivity index is 1.71. The van der Waals surface area contributed by atoms with Crippen LogP contribution in [0, 0.1) is 17.2 Å². The van der Waals surface area contributed by atoms with Crippen LogP contribution in [0.2, 0.25) is 0 Å². The largest absolute Gasteiger partial charge is 0.494 e. The van der Waals surface area contributed by atoms with Gasteiger partial charge in [0, 0.05) is 36.8 Å². The maximum Gasteiger partial charge on any atom is 0.255 e. The van der Waals surface area contributed by atoms with E-state index in [-0.39, 0.29) is 29.2 Å². The molecule has 0 saturated carbocycles. The van der Waals surface area contributed by atoms with Gasteiger partial charge in [-0.3, -0.25) is 9.59 Å². The number of nitriles is 1. The maximum atomic E-state index is 13.0. The molecule has 1 atom stereocenters. The SMILES string of the molecule is COc1c(NC(=O)c2cccc(C#N)c2)cnc2c1c([C@H]1CCN(C(=O)C(C)C)C(C)(C)C1)cn2C. The van der Waals surface area contributed by atoms with E-state index >= 15 is 0 Å². The van der Waals surface area contributed by atoms with Crippen LogP contribution in [-0.2, 0) is 11.8 Å². The quantitative estimate of drug-likeness (QED) is 0.555. The van der Waals surface area contributed by atoms with Crippen molar-refractivity contribution in [1.82, 2.24) is 14.5 Å². The molecule has 0 bridgehead atoms. The highest BCUT2D eigenvalue weighted by molar-refractivity contribution is 6.07. The molecule has 1 N–H and O–H groups in total.